The van der Waals surface area contributed by atoms with Crippen molar-refractivity contribution in [3.05, 3.63) is 70.8 Å². The first kappa shape index (κ1) is 19.3. The second-order valence-electron chi connectivity index (χ2n) is 6.74. The predicted molar refractivity (Wildman–Crippen MR) is 113 cm³/mol. The lowest BCUT2D eigenvalue weighted by Gasteiger charge is -2.37. The summed E-state index contributed by atoms with van der Waals surface area (Å²) in [5.41, 5.74) is 4.66. The Labute approximate surface area is 166 Å². The second-order valence-corrected chi connectivity index (χ2v) is 8.65. The smallest absolute Gasteiger partial charge is 0.100 e. The third-order valence-electron chi connectivity index (χ3n) is 4.73. The minimum Gasteiger partial charge on any atom is -0.297 e. The Morgan fingerprint density at radius 1 is 1.00 bits per heavy atom. The first-order valence-electron chi connectivity index (χ1n) is 8.95. The highest BCUT2D eigenvalue weighted by molar-refractivity contribution is 8.09. The third kappa shape index (κ3) is 5.52. The fourth-order valence-corrected chi connectivity index (χ4v) is 4.46. The Balaban J connectivity index is 1.42. The van der Waals surface area contributed by atoms with Crippen molar-refractivity contribution in [1.29, 1.82) is 5.26 Å². The van der Waals surface area contributed by atoms with Crippen LogP contribution in [-0.2, 0) is 12.3 Å². The standard InChI is InChI=1S/C21H25N3S2/c1-17-2-4-19(5-3-17)15-23-10-12-24(13-11-23)21(25)26-16-20-8-6-18(14-22)7-9-20/h2-9,21,25H,10-13,15-16H2,1H3. The van der Waals surface area contributed by atoms with E-state index in [2.05, 4.69) is 47.1 Å². The minimum absolute atomic E-state index is 0.215. The van der Waals surface area contributed by atoms with E-state index in [4.69, 9.17) is 17.9 Å². The summed E-state index contributed by atoms with van der Waals surface area (Å²) in [6.07, 6.45) is 0. The highest BCUT2D eigenvalue weighted by Crippen LogP contribution is 2.25. The van der Waals surface area contributed by atoms with Gasteiger partial charge in [-0.15, -0.1) is 24.4 Å². The summed E-state index contributed by atoms with van der Waals surface area (Å²) in [5, 5.41) is 8.87. The van der Waals surface area contributed by atoms with E-state index in [-0.39, 0.29) is 4.71 Å². The first-order chi connectivity index (χ1) is 12.6. The van der Waals surface area contributed by atoms with Gasteiger partial charge < -0.3 is 0 Å². The van der Waals surface area contributed by atoms with Crippen LogP contribution in [0.5, 0.6) is 0 Å². The molecule has 3 rings (SSSR count). The fourth-order valence-electron chi connectivity index (χ4n) is 3.05. The zero-order valence-corrected chi connectivity index (χ0v) is 16.8. The Kier molecular flexibility index (Phi) is 7.04. The molecule has 2 aromatic rings. The molecular weight excluding hydrogens is 358 g/mol. The molecule has 1 heterocycles. The molecule has 0 N–H and O–H groups in total. The molecule has 0 radical (unpaired) electrons. The van der Waals surface area contributed by atoms with Gasteiger partial charge in [-0.2, -0.15) is 5.26 Å². The monoisotopic (exact) mass is 383 g/mol. The van der Waals surface area contributed by atoms with Crippen LogP contribution in [0.4, 0.5) is 0 Å². The van der Waals surface area contributed by atoms with Crippen molar-refractivity contribution in [2.24, 2.45) is 0 Å². The van der Waals surface area contributed by atoms with Crippen LogP contribution in [0.15, 0.2) is 48.5 Å². The summed E-state index contributed by atoms with van der Waals surface area (Å²) >= 11 is 6.65. The number of aryl methyl sites for hydroxylation is 1. The second kappa shape index (κ2) is 9.48. The van der Waals surface area contributed by atoms with Crippen LogP contribution in [-0.4, -0.2) is 40.7 Å². The molecule has 1 aliphatic heterocycles. The molecule has 1 aliphatic rings. The molecule has 5 heteroatoms. The number of hydrogen-bond acceptors (Lipinski definition) is 5. The molecule has 0 aliphatic carbocycles. The number of hydrogen-bond donors (Lipinski definition) is 1. The molecule has 2 aromatic carbocycles. The predicted octanol–water partition coefficient (Wildman–Crippen LogP) is 4.13. The van der Waals surface area contributed by atoms with Crippen molar-refractivity contribution in [1.82, 2.24) is 9.80 Å². The number of thioether (sulfide) groups is 1. The van der Waals surface area contributed by atoms with E-state index < -0.39 is 0 Å². The summed E-state index contributed by atoms with van der Waals surface area (Å²) in [5.74, 6) is 0.920. The fraction of sp³-hybridized carbons (Fsp3) is 0.381. The zero-order valence-electron chi connectivity index (χ0n) is 15.1. The van der Waals surface area contributed by atoms with E-state index in [0.717, 1.165) is 38.5 Å². The average molecular weight is 384 g/mol. The summed E-state index contributed by atoms with van der Waals surface area (Å²) in [4.78, 5) is 4.97. The minimum atomic E-state index is 0.215. The normalized spacial score (nSPS) is 17.0. The maximum Gasteiger partial charge on any atom is 0.100 e. The van der Waals surface area contributed by atoms with Gasteiger partial charge in [-0.1, -0.05) is 42.0 Å². The lowest BCUT2D eigenvalue weighted by Crippen LogP contribution is -2.47. The SMILES string of the molecule is Cc1ccc(CN2CCN(C(S)SCc3ccc(C#N)cc3)CC2)cc1. The lowest BCUT2D eigenvalue weighted by atomic mass is 10.1. The number of piperazine rings is 1. The van der Waals surface area contributed by atoms with Crippen molar-refractivity contribution in [2.45, 2.75) is 23.9 Å². The van der Waals surface area contributed by atoms with Gasteiger partial charge >= 0.3 is 0 Å². The van der Waals surface area contributed by atoms with E-state index in [9.17, 15) is 0 Å². The van der Waals surface area contributed by atoms with Crippen molar-refractivity contribution < 1.29 is 0 Å². The van der Waals surface area contributed by atoms with Gasteiger partial charge in [0, 0.05) is 38.5 Å². The van der Waals surface area contributed by atoms with E-state index in [0.29, 0.717) is 5.56 Å². The number of nitrogens with zero attached hydrogens (tertiary/aromatic N) is 3. The summed E-state index contributed by atoms with van der Waals surface area (Å²) in [6, 6.07) is 18.8. The molecule has 1 fully saturated rings. The lowest BCUT2D eigenvalue weighted by molar-refractivity contribution is 0.137. The molecule has 0 spiro atoms. The average Bonchev–Trinajstić information content (AvgIpc) is 2.69. The van der Waals surface area contributed by atoms with Crippen LogP contribution in [0.3, 0.4) is 0 Å². The van der Waals surface area contributed by atoms with Crippen LogP contribution in [0.25, 0.3) is 0 Å². The van der Waals surface area contributed by atoms with E-state index in [1.54, 1.807) is 0 Å². The molecule has 26 heavy (non-hydrogen) atoms. The molecule has 1 unspecified atom stereocenters. The summed E-state index contributed by atoms with van der Waals surface area (Å²) < 4.78 is 0.215. The molecule has 0 amide bonds. The van der Waals surface area contributed by atoms with Crippen molar-refractivity contribution in [2.75, 3.05) is 26.2 Å². The maximum atomic E-state index is 8.87. The van der Waals surface area contributed by atoms with Gasteiger partial charge in [-0.3, -0.25) is 9.80 Å². The Morgan fingerprint density at radius 2 is 1.62 bits per heavy atom. The molecule has 136 valence electrons. The molecule has 1 saturated heterocycles. The molecule has 0 bridgehead atoms. The van der Waals surface area contributed by atoms with Gasteiger partial charge in [-0.25, -0.2) is 0 Å². The van der Waals surface area contributed by atoms with Crippen LogP contribution >= 0.6 is 24.4 Å². The number of benzene rings is 2. The number of rotatable bonds is 6. The molecule has 0 saturated carbocycles. The number of thiol groups is 1. The summed E-state index contributed by atoms with van der Waals surface area (Å²) in [6.45, 7) is 7.44. The van der Waals surface area contributed by atoms with Gasteiger partial charge in [0.05, 0.1) is 11.6 Å². The largest absolute Gasteiger partial charge is 0.297 e. The Morgan fingerprint density at radius 3 is 2.23 bits per heavy atom. The summed E-state index contributed by atoms with van der Waals surface area (Å²) in [7, 11) is 0. The van der Waals surface area contributed by atoms with E-state index in [1.165, 1.54) is 16.7 Å². The number of nitriles is 1. The van der Waals surface area contributed by atoms with Gasteiger partial charge in [0.1, 0.15) is 4.71 Å². The van der Waals surface area contributed by atoms with Crippen molar-refractivity contribution in [3.8, 4) is 6.07 Å². The van der Waals surface area contributed by atoms with Crippen molar-refractivity contribution in [3.63, 3.8) is 0 Å². The van der Waals surface area contributed by atoms with E-state index in [1.807, 2.05) is 36.0 Å². The quantitative estimate of drug-likeness (QED) is 0.600. The third-order valence-corrected chi connectivity index (χ3v) is 6.60. The van der Waals surface area contributed by atoms with Crippen LogP contribution in [0.2, 0.25) is 0 Å². The van der Waals surface area contributed by atoms with Crippen LogP contribution in [0, 0.1) is 18.3 Å². The Bertz CT molecular complexity index is 729. The van der Waals surface area contributed by atoms with Gasteiger partial charge in [0.2, 0.25) is 0 Å². The molecule has 1 atom stereocenters. The molecule has 3 nitrogen and oxygen atoms in total. The van der Waals surface area contributed by atoms with Crippen molar-refractivity contribution >= 4 is 24.4 Å². The highest BCUT2D eigenvalue weighted by atomic mass is 32.2. The van der Waals surface area contributed by atoms with Gasteiger partial charge in [-0.05, 0) is 30.2 Å². The molecule has 0 aromatic heterocycles. The van der Waals surface area contributed by atoms with Gasteiger partial charge in [0.15, 0.2) is 0 Å². The van der Waals surface area contributed by atoms with Crippen LogP contribution < -0.4 is 0 Å². The highest BCUT2D eigenvalue weighted by Gasteiger charge is 2.21. The first-order valence-corrected chi connectivity index (χ1v) is 10.5. The zero-order chi connectivity index (χ0) is 18.4. The van der Waals surface area contributed by atoms with Crippen LogP contribution in [0.1, 0.15) is 22.3 Å². The Hall–Kier alpha value is -1.45. The topological polar surface area (TPSA) is 30.3 Å². The van der Waals surface area contributed by atoms with Gasteiger partial charge in [0.25, 0.3) is 0 Å². The maximum absolute atomic E-state index is 8.87. The van der Waals surface area contributed by atoms with E-state index >= 15 is 0 Å². The molecular formula is C21H25N3S2.